The van der Waals surface area contributed by atoms with Crippen molar-refractivity contribution < 1.29 is 24.5 Å². The molecule has 0 spiro atoms. The number of cyclic esters (lactones) is 1. The van der Waals surface area contributed by atoms with Crippen molar-refractivity contribution in [3.63, 3.8) is 0 Å². The van der Waals surface area contributed by atoms with Gasteiger partial charge in [-0.05, 0) is 26.2 Å². The molecule has 2 aliphatic rings. The highest BCUT2D eigenvalue weighted by molar-refractivity contribution is 5.75. The molecule has 0 aromatic carbocycles. The summed E-state index contributed by atoms with van der Waals surface area (Å²) in [7, 11) is 0. The molecule has 0 unspecified atom stereocenters. The molecule has 2 rings (SSSR count). The number of esters is 1. The highest BCUT2D eigenvalue weighted by Gasteiger charge is 2.48. The van der Waals surface area contributed by atoms with Crippen molar-refractivity contribution in [3.05, 3.63) is 0 Å². The first kappa shape index (κ1) is 15.7. The maximum atomic E-state index is 11.5. The summed E-state index contributed by atoms with van der Waals surface area (Å²) < 4.78 is 11.0. The molecule has 116 valence electrons. The molecule has 0 saturated carbocycles. The van der Waals surface area contributed by atoms with Crippen LogP contribution in [0.3, 0.4) is 0 Å². The first-order chi connectivity index (χ1) is 9.54. The predicted octanol–water partition coefficient (Wildman–Crippen LogP) is 1.40. The monoisotopic (exact) mass is 286 g/mol. The van der Waals surface area contributed by atoms with Gasteiger partial charge in [-0.2, -0.15) is 0 Å². The standard InChI is InChI=1S/C15H26O5/c1-3-4-5-6-10(16)11-7-8-12(19-11)14-13(17)9(2)15(18)20-14/h9-14,16-17H,3-8H2,1-2H3/t9-,10-,11+,12-,13+,14-/m1/s1. The lowest BCUT2D eigenvalue weighted by Crippen LogP contribution is -2.37. The lowest BCUT2D eigenvalue weighted by molar-refractivity contribution is -0.151. The summed E-state index contributed by atoms with van der Waals surface area (Å²) in [6.45, 7) is 3.80. The third-order valence-electron chi connectivity index (χ3n) is 4.46. The number of aliphatic hydroxyl groups is 2. The Labute approximate surface area is 120 Å². The number of carbonyl (C=O) groups is 1. The van der Waals surface area contributed by atoms with Crippen LogP contribution >= 0.6 is 0 Å². The van der Waals surface area contributed by atoms with Gasteiger partial charge < -0.3 is 19.7 Å². The van der Waals surface area contributed by atoms with E-state index in [1.165, 1.54) is 0 Å². The van der Waals surface area contributed by atoms with Crippen molar-refractivity contribution in [2.75, 3.05) is 0 Å². The number of ether oxygens (including phenoxy) is 2. The topological polar surface area (TPSA) is 76.0 Å². The lowest BCUT2D eigenvalue weighted by Gasteiger charge is -2.23. The molecule has 2 heterocycles. The minimum Gasteiger partial charge on any atom is -0.457 e. The van der Waals surface area contributed by atoms with Gasteiger partial charge in [-0.25, -0.2) is 0 Å². The summed E-state index contributed by atoms with van der Waals surface area (Å²) in [5.41, 5.74) is 0. The van der Waals surface area contributed by atoms with Crippen molar-refractivity contribution in [2.45, 2.75) is 82.9 Å². The van der Waals surface area contributed by atoms with Gasteiger partial charge in [-0.15, -0.1) is 0 Å². The second-order valence-corrected chi connectivity index (χ2v) is 6.03. The number of unbranched alkanes of at least 4 members (excludes halogenated alkanes) is 2. The van der Waals surface area contributed by atoms with Gasteiger partial charge in [-0.3, -0.25) is 4.79 Å². The second kappa shape index (κ2) is 6.87. The number of hydrogen-bond acceptors (Lipinski definition) is 5. The Bertz CT molecular complexity index is 332. The molecule has 2 aliphatic heterocycles. The Morgan fingerprint density at radius 1 is 1.35 bits per heavy atom. The van der Waals surface area contributed by atoms with Crippen LogP contribution in [0.25, 0.3) is 0 Å². The molecule has 0 aromatic heterocycles. The minimum absolute atomic E-state index is 0.196. The Hall–Kier alpha value is -0.650. The smallest absolute Gasteiger partial charge is 0.311 e. The molecule has 0 radical (unpaired) electrons. The summed E-state index contributed by atoms with van der Waals surface area (Å²) in [6.07, 6.45) is 3.14. The van der Waals surface area contributed by atoms with Crippen LogP contribution < -0.4 is 0 Å². The fourth-order valence-corrected chi connectivity index (χ4v) is 3.03. The largest absolute Gasteiger partial charge is 0.457 e. The van der Waals surface area contributed by atoms with E-state index < -0.39 is 24.2 Å². The van der Waals surface area contributed by atoms with Crippen LogP contribution in [0.2, 0.25) is 0 Å². The van der Waals surface area contributed by atoms with Crippen molar-refractivity contribution >= 4 is 5.97 Å². The van der Waals surface area contributed by atoms with Crippen LogP contribution in [-0.2, 0) is 14.3 Å². The van der Waals surface area contributed by atoms with E-state index in [1.807, 2.05) is 0 Å². The van der Waals surface area contributed by atoms with Crippen molar-refractivity contribution in [2.24, 2.45) is 5.92 Å². The molecule has 5 heteroatoms. The SMILES string of the molecule is CCCCC[C@@H](O)[C@@H]1CC[C@H]([C@H]2OC(=O)[C@H](C)[C@@H]2O)O1. The molecular formula is C15H26O5. The Morgan fingerprint density at radius 3 is 2.70 bits per heavy atom. The van der Waals surface area contributed by atoms with Gasteiger partial charge in [-0.1, -0.05) is 26.2 Å². The Kier molecular flexibility index (Phi) is 5.41. The normalized spacial score (nSPS) is 39.0. The van der Waals surface area contributed by atoms with Crippen LogP contribution in [0.4, 0.5) is 0 Å². The lowest BCUT2D eigenvalue weighted by atomic mass is 9.98. The van der Waals surface area contributed by atoms with E-state index in [0.717, 1.165) is 38.5 Å². The maximum Gasteiger partial charge on any atom is 0.311 e. The van der Waals surface area contributed by atoms with Crippen LogP contribution in [0.15, 0.2) is 0 Å². The van der Waals surface area contributed by atoms with E-state index in [0.29, 0.717) is 0 Å². The zero-order valence-electron chi connectivity index (χ0n) is 12.3. The van der Waals surface area contributed by atoms with Gasteiger partial charge in [0.25, 0.3) is 0 Å². The van der Waals surface area contributed by atoms with Crippen molar-refractivity contribution in [1.29, 1.82) is 0 Å². The van der Waals surface area contributed by atoms with Crippen molar-refractivity contribution in [3.8, 4) is 0 Å². The molecule has 0 aromatic rings. The summed E-state index contributed by atoms with van der Waals surface area (Å²) in [6, 6.07) is 0. The molecular weight excluding hydrogens is 260 g/mol. The average molecular weight is 286 g/mol. The number of aliphatic hydroxyl groups excluding tert-OH is 2. The zero-order valence-corrected chi connectivity index (χ0v) is 12.3. The summed E-state index contributed by atoms with van der Waals surface area (Å²) in [5.74, 6) is -0.852. The molecule has 0 bridgehead atoms. The second-order valence-electron chi connectivity index (χ2n) is 6.03. The third-order valence-corrected chi connectivity index (χ3v) is 4.46. The first-order valence-corrected chi connectivity index (χ1v) is 7.76. The fraction of sp³-hybridized carbons (Fsp3) is 0.933. The van der Waals surface area contributed by atoms with Crippen LogP contribution in [-0.4, -0.2) is 46.7 Å². The van der Waals surface area contributed by atoms with E-state index in [2.05, 4.69) is 6.92 Å². The molecule has 5 nitrogen and oxygen atoms in total. The molecule has 2 fully saturated rings. The highest BCUT2D eigenvalue weighted by atomic mass is 16.6. The van der Waals surface area contributed by atoms with Crippen molar-refractivity contribution in [1.82, 2.24) is 0 Å². The molecule has 6 atom stereocenters. The van der Waals surface area contributed by atoms with Gasteiger partial charge in [0, 0.05) is 0 Å². The average Bonchev–Trinajstić information content (AvgIpc) is 3.00. The van der Waals surface area contributed by atoms with Gasteiger partial charge in [0.15, 0.2) is 6.10 Å². The van der Waals surface area contributed by atoms with Gasteiger partial charge in [0.05, 0.1) is 24.2 Å². The molecule has 0 amide bonds. The maximum absolute atomic E-state index is 11.5. The first-order valence-electron chi connectivity index (χ1n) is 7.76. The summed E-state index contributed by atoms with van der Waals surface area (Å²) in [5, 5.41) is 20.1. The number of rotatable bonds is 6. The molecule has 2 saturated heterocycles. The quantitative estimate of drug-likeness (QED) is 0.570. The number of carbonyl (C=O) groups excluding carboxylic acids is 1. The predicted molar refractivity (Wildman–Crippen MR) is 73.1 cm³/mol. The zero-order chi connectivity index (χ0) is 14.7. The molecule has 0 aliphatic carbocycles. The fourth-order valence-electron chi connectivity index (χ4n) is 3.03. The Morgan fingerprint density at radius 2 is 2.10 bits per heavy atom. The van der Waals surface area contributed by atoms with E-state index in [-0.39, 0.29) is 18.2 Å². The third kappa shape index (κ3) is 3.32. The van der Waals surface area contributed by atoms with Crippen LogP contribution in [0.5, 0.6) is 0 Å². The van der Waals surface area contributed by atoms with Gasteiger partial charge >= 0.3 is 5.97 Å². The van der Waals surface area contributed by atoms with Gasteiger partial charge in [0.1, 0.15) is 6.10 Å². The summed E-state index contributed by atoms with van der Waals surface area (Å²) in [4.78, 5) is 11.5. The van der Waals surface area contributed by atoms with Crippen LogP contribution in [0.1, 0.15) is 52.4 Å². The highest BCUT2D eigenvalue weighted by Crippen LogP contribution is 2.33. The van der Waals surface area contributed by atoms with E-state index >= 15 is 0 Å². The molecule has 2 N–H and O–H groups in total. The van der Waals surface area contributed by atoms with Gasteiger partial charge in [0.2, 0.25) is 0 Å². The van der Waals surface area contributed by atoms with Crippen LogP contribution in [0, 0.1) is 5.92 Å². The minimum atomic E-state index is -0.802. The molecule has 20 heavy (non-hydrogen) atoms. The van der Waals surface area contributed by atoms with E-state index in [1.54, 1.807) is 6.92 Å². The van der Waals surface area contributed by atoms with E-state index in [9.17, 15) is 15.0 Å². The number of hydrogen-bond donors (Lipinski definition) is 2. The Balaban J connectivity index is 1.81. The van der Waals surface area contributed by atoms with E-state index in [4.69, 9.17) is 9.47 Å². The summed E-state index contributed by atoms with van der Waals surface area (Å²) >= 11 is 0.